The first-order valence-corrected chi connectivity index (χ1v) is 5.78. The molecule has 1 aromatic carbocycles. The normalized spacial score (nSPS) is 13.1. The summed E-state index contributed by atoms with van der Waals surface area (Å²) in [7, 11) is -4.22. The van der Waals surface area contributed by atoms with Crippen LogP contribution in [0.5, 0.6) is 0 Å². The fourth-order valence-corrected chi connectivity index (χ4v) is 1.30. The van der Waals surface area contributed by atoms with E-state index in [0.717, 1.165) is 0 Å². The van der Waals surface area contributed by atoms with Crippen LogP contribution in [0.3, 0.4) is 0 Å². The number of nitrogens with zero attached hydrogens (tertiary/aromatic N) is 1. The van der Waals surface area contributed by atoms with Gasteiger partial charge in [-0.1, -0.05) is 6.07 Å². The summed E-state index contributed by atoms with van der Waals surface area (Å²) in [5.74, 6) is 0. The van der Waals surface area contributed by atoms with Crippen LogP contribution in [-0.2, 0) is 10.1 Å². The van der Waals surface area contributed by atoms with E-state index in [4.69, 9.17) is 4.55 Å². The summed E-state index contributed by atoms with van der Waals surface area (Å²) in [6, 6.07) is 5.34. The molecule has 0 amide bonds. The summed E-state index contributed by atoms with van der Waals surface area (Å²) in [5, 5.41) is 11.7. The van der Waals surface area contributed by atoms with E-state index in [1.165, 1.54) is 31.2 Å². The van der Waals surface area contributed by atoms with Crippen molar-refractivity contribution in [3.63, 3.8) is 0 Å². The minimum absolute atomic E-state index is 0.160. The second-order valence-corrected chi connectivity index (χ2v) is 4.85. The molecule has 88 valence electrons. The van der Waals surface area contributed by atoms with E-state index >= 15 is 0 Å². The molecule has 0 aliphatic carbocycles. The van der Waals surface area contributed by atoms with Gasteiger partial charge in [0, 0.05) is 17.8 Å². The molecule has 1 atom stereocenters. The van der Waals surface area contributed by atoms with Crippen molar-refractivity contribution in [2.75, 3.05) is 5.32 Å². The minimum Gasteiger partial charge on any atom is -0.367 e. The summed E-state index contributed by atoms with van der Waals surface area (Å²) in [5.41, 5.74) is 0.0897. The second-order valence-electron chi connectivity index (χ2n) is 3.11. The smallest absolute Gasteiger partial charge is 0.285 e. The van der Waals surface area contributed by atoms with Gasteiger partial charge in [0.2, 0.25) is 0 Å². The lowest BCUT2D eigenvalue weighted by Crippen LogP contribution is -2.25. The number of nitrogens with one attached hydrogen (secondary N) is 1. The van der Waals surface area contributed by atoms with Crippen LogP contribution in [0.1, 0.15) is 6.92 Å². The molecular formula is C8H10N2O5S. The van der Waals surface area contributed by atoms with Gasteiger partial charge in [-0.15, -0.1) is 0 Å². The zero-order valence-electron chi connectivity index (χ0n) is 8.32. The molecule has 0 aromatic heterocycles. The molecule has 7 nitrogen and oxygen atoms in total. The van der Waals surface area contributed by atoms with Gasteiger partial charge in [0.05, 0.1) is 4.92 Å². The SMILES string of the molecule is CC(Nc1cccc([N+](=O)[O-])c1)S(=O)(=O)O. The van der Waals surface area contributed by atoms with Gasteiger partial charge in [0.15, 0.2) is 5.37 Å². The molecule has 0 spiro atoms. The standard InChI is InChI=1S/C8H10N2O5S/c1-6(16(13,14)15)9-7-3-2-4-8(5-7)10(11)12/h2-6,9H,1H3,(H,13,14,15). The Hall–Kier alpha value is -1.67. The van der Waals surface area contributed by atoms with Crippen LogP contribution in [0.4, 0.5) is 11.4 Å². The Morgan fingerprint density at radius 2 is 2.12 bits per heavy atom. The number of hydrogen-bond donors (Lipinski definition) is 2. The quantitative estimate of drug-likeness (QED) is 0.470. The molecule has 1 aromatic rings. The molecule has 2 N–H and O–H groups in total. The van der Waals surface area contributed by atoms with E-state index in [2.05, 4.69) is 5.32 Å². The highest BCUT2D eigenvalue weighted by Crippen LogP contribution is 2.18. The maximum absolute atomic E-state index is 10.7. The Labute approximate surface area is 92.0 Å². The number of non-ortho nitro benzene ring substituents is 1. The van der Waals surface area contributed by atoms with Crippen molar-refractivity contribution in [3.8, 4) is 0 Å². The van der Waals surface area contributed by atoms with Gasteiger partial charge in [-0.05, 0) is 13.0 Å². The third-order valence-electron chi connectivity index (χ3n) is 1.87. The molecular weight excluding hydrogens is 236 g/mol. The highest BCUT2D eigenvalue weighted by Gasteiger charge is 2.17. The summed E-state index contributed by atoms with van der Waals surface area (Å²) in [6.07, 6.45) is 0. The minimum atomic E-state index is -4.22. The van der Waals surface area contributed by atoms with Crippen molar-refractivity contribution in [3.05, 3.63) is 34.4 Å². The maximum Gasteiger partial charge on any atom is 0.285 e. The third kappa shape index (κ3) is 3.17. The Morgan fingerprint density at radius 3 is 2.62 bits per heavy atom. The van der Waals surface area contributed by atoms with Crippen LogP contribution in [-0.4, -0.2) is 23.3 Å². The lowest BCUT2D eigenvalue weighted by Gasteiger charge is -2.11. The average molecular weight is 246 g/mol. The first kappa shape index (κ1) is 12.4. The number of anilines is 1. The average Bonchev–Trinajstić information content (AvgIpc) is 2.16. The lowest BCUT2D eigenvalue weighted by atomic mass is 10.3. The van der Waals surface area contributed by atoms with E-state index < -0.39 is 20.4 Å². The number of hydrogen-bond acceptors (Lipinski definition) is 5. The van der Waals surface area contributed by atoms with Gasteiger partial charge in [0.1, 0.15) is 0 Å². The molecule has 0 radical (unpaired) electrons. The predicted octanol–water partition coefficient (Wildman–Crippen LogP) is 1.24. The van der Waals surface area contributed by atoms with Gasteiger partial charge >= 0.3 is 0 Å². The zero-order valence-corrected chi connectivity index (χ0v) is 9.14. The monoisotopic (exact) mass is 246 g/mol. The van der Waals surface area contributed by atoms with E-state index in [1.807, 2.05) is 0 Å². The highest BCUT2D eigenvalue weighted by atomic mass is 32.2. The summed E-state index contributed by atoms with van der Waals surface area (Å²) < 4.78 is 30.1. The Bertz CT molecular complexity index is 499. The van der Waals surface area contributed by atoms with E-state index in [1.54, 1.807) is 0 Å². The fraction of sp³-hybridized carbons (Fsp3) is 0.250. The molecule has 1 unspecified atom stereocenters. The largest absolute Gasteiger partial charge is 0.367 e. The van der Waals surface area contributed by atoms with E-state index in [9.17, 15) is 18.5 Å². The highest BCUT2D eigenvalue weighted by molar-refractivity contribution is 7.86. The number of nitro benzene ring substituents is 1. The first-order chi connectivity index (χ1) is 7.30. The first-order valence-electron chi connectivity index (χ1n) is 4.28. The molecule has 8 heteroatoms. The van der Waals surface area contributed by atoms with Crippen molar-refractivity contribution in [2.45, 2.75) is 12.3 Å². The third-order valence-corrected chi connectivity index (χ3v) is 2.89. The van der Waals surface area contributed by atoms with Gasteiger partial charge < -0.3 is 5.32 Å². The number of rotatable bonds is 4. The van der Waals surface area contributed by atoms with Gasteiger partial charge in [-0.3, -0.25) is 14.7 Å². The fourth-order valence-electron chi connectivity index (χ4n) is 1.02. The summed E-state index contributed by atoms with van der Waals surface area (Å²) >= 11 is 0. The number of benzene rings is 1. The van der Waals surface area contributed by atoms with Crippen LogP contribution in [0.2, 0.25) is 0 Å². The second kappa shape index (κ2) is 4.45. The molecule has 0 saturated heterocycles. The van der Waals surface area contributed by atoms with Crippen LogP contribution in [0.25, 0.3) is 0 Å². The van der Waals surface area contributed by atoms with Crippen LogP contribution >= 0.6 is 0 Å². The number of nitro groups is 1. The van der Waals surface area contributed by atoms with Crippen LogP contribution < -0.4 is 5.32 Å². The van der Waals surface area contributed by atoms with Crippen LogP contribution in [0.15, 0.2) is 24.3 Å². The Balaban J connectivity index is 2.90. The Kier molecular flexibility index (Phi) is 3.45. The van der Waals surface area contributed by atoms with Gasteiger partial charge in [-0.2, -0.15) is 8.42 Å². The molecule has 0 bridgehead atoms. The maximum atomic E-state index is 10.7. The zero-order chi connectivity index (χ0) is 12.3. The molecule has 0 aliphatic heterocycles. The van der Waals surface area contributed by atoms with E-state index in [0.29, 0.717) is 0 Å². The van der Waals surface area contributed by atoms with E-state index in [-0.39, 0.29) is 11.4 Å². The van der Waals surface area contributed by atoms with Gasteiger partial charge in [0.25, 0.3) is 15.8 Å². The Morgan fingerprint density at radius 1 is 1.50 bits per heavy atom. The van der Waals surface area contributed by atoms with Crippen molar-refractivity contribution in [1.29, 1.82) is 0 Å². The molecule has 0 aliphatic rings. The molecule has 16 heavy (non-hydrogen) atoms. The van der Waals surface area contributed by atoms with Crippen molar-refractivity contribution < 1.29 is 17.9 Å². The van der Waals surface area contributed by atoms with Crippen molar-refractivity contribution in [1.82, 2.24) is 0 Å². The lowest BCUT2D eigenvalue weighted by molar-refractivity contribution is -0.384. The summed E-state index contributed by atoms with van der Waals surface area (Å²) in [6.45, 7) is 1.23. The van der Waals surface area contributed by atoms with Gasteiger partial charge in [-0.25, -0.2) is 0 Å². The summed E-state index contributed by atoms with van der Waals surface area (Å²) in [4.78, 5) is 9.85. The van der Waals surface area contributed by atoms with Crippen molar-refractivity contribution >= 4 is 21.5 Å². The molecule has 1 rings (SSSR count). The van der Waals surface area contributed by atoms with Crippen LogP contribution in [0, 0.1) is 10.1 Å². The molecule has 0 fully saturated rings. The predicted molar refractivity (Wildman–Crippen MR) is 57.7 cm³/mol. The molecule has 0 heterocycles. The van der Waals surface area contributed by atoms with Crippen molar-refractivity contribution in [2.24, 2.45) is 0 Å². The topological polar surface area (TPSA) is 110 Å². The molecule has 0 saturated carbocycles.